The van der Waals surface area contributed by atoms with Crippen LogP contribution < -0.4 is 10.6 Å². The van der Waals surface area contributed by atoms with Gasteiger partial charge in [-0.25, -0.2) is 4.39 Å². The largest absolute Gasteiger partial charge is 0.354 e. The SMILES string of the molecule is CN=C(NCC(c1ccc(F)cc1)N(C)C)NC(C)C. The molecule has 1 aromatic carbocycles. The molecule has 5 heteroatoms. The van der Waals surface area contributed by atoms with Crippen LogP contribution >= 0.6 is 0 Å². The van der Waals surface area contributed by atoms with Crippen molar-refractivity contribution in [1.29, 1.82) is 0 Å². The van der Waals surface area contributed by atoms with E-state index in [2.05, 4.69) is 34.4 Å². The third kappa shape index (κ3) is 5.17. The Morgan fingerprint density at radius 3 is 2.30 bits per heavy atom. The number of halogens is 1. The first-order valence-electron chi connectivity index (χ1n) is 6.83. The molecule has 0 aromatic heterocycles. The summed E-state index contributed by atoms with van der Waals surface area (Å²) >= 11 is 0. The molecule has 0 heterocycles. The summed E-state index contributed by atoms with van der Waals surface area (Å²) in [5, 5.41) is 6.54. The number of likely N-dealkylation sites (N-methyl/N-ethyl adjacent to an activating group) is 1. The molecule has 0 radical (unpaired) electrons. The Kier molecular flexibility index (Phi) is 6.45. The lowest BCUT2D eigenvalue weighted by molar-refractivity contribution is 0.298. The van der Waals surface area contributed by atoms with E-state index in [1.54, 1.807) is 7.05 Å². The Morgan fingerprint density at radius 1 is 1.25 bits per heavy atom. The molecular formula is C15H25FN4. The molecule has 0 saturated heterocycles. The first kappa shape index (κ1) is 16.4. The van der Waals surface area contributed by atoms with Crippen LogP contribution in [0.2, 0.25) is 0 Å². The molecule has 0 fully saturated rings. The fourth-order valence-electron chi connectivity index (χ4n) is 1.94. The number of hydrogen-bond donors (Lipinski definition) is 2. The molecule has 0 aliphatic rings. The van der Waals surface area contributed by atoms with Crippen LogP contribution in [-0.4, -0.2) is 44.6 Å². The van der Waals surface area contributed by atoms with Gasteiger partial charge in [-0.1, -0.05) is 12.1 Å². The third-order valence-corrected chi connectivity index (χ3v) is 2.99. The lowest BCUT2D eigenvalue weighted by Gasteiger charge is -2.26. The molecule has 0 saturated carbocycles. The van der Waals surface area contributed by atoms with Gasteiger partial charge in [0, 0.05) is 19.6 Å². The molecule has 2 N–H and O–H groups in total. The molecule has 20 heavy (non-hydrogen) atoms. The summed E-state index contributed by atoms with van der Waals surface area (Å²) in [6.07, 6.45) is 0. The minimum Gasteiger partial charge on any atom is -0.354 e. The zero-order valence-electron chi connectivity index (χ0n) is 12.9. The zero-order chi connectivity index (χ0) is 15.1. The molecule has 0 spiro atoms. The Hall–Kier alpha value is -1.62. The van der Waals surface area contributed by atoms with E-state index in [0.29, 0.717) is 12.6 Å². The average Bonchev–Trinajstić information content (AvgIpc) is 2.38. The van der Waals surface area contributed by atoms with Crippen LogP contribution in [0.4, 0.5) is 4.39 Å². The van der Waals surface area contributed by atoms with Crippen LogP contribution in [0.3, 0.4) is 0 Å². The lowest BCUT2D eigenvalue weighted by atomic mass is 10.1. The van der Waals surface area contributed by atoms with Crippen molar-refractivity contribution >= 4 is 5.96 Å². The van der Waals surface area contributed by atoms with Crippen molar-refractivity contribution in [1.82, 2.24) is 15.5 Å². The smallest absolute Gasteiger partial charge is 0.191 e. The van der Waals surface area contributed by atoms with Crippen LogP contribution in [0.25, 0.3) is 0 Å². The maximum Gasteiger partial charge on any atom is 0.191 e. The van der Waals surface area contributed by atoms with E-state index < -0.39 is 0 Å². The number of aliphatic imine (C=N–C) groups is 1. The van der Waals surface area contributed by atoms with E-state index in [1.165, 1.54) is 12.1 Å². The maximum atomic E-state index is 13.0. The quantitative estimate of drug-likeness (QED) is 0.640. The third-order valence-electron chi connectivity index (χ3n) is 2.99. The molecule has 0 aliphatic heterocycles. The zero-order valence-corrected chi connectivity index (χ0v) is 12.9. The van der Waals surface area contributed by atoms with Gasteiger partial charge in [-0.3, -0.25) is 4.99 Å². The molecule has 1 unspecified atom stereocenters. The highest BCUT2D eigenvalue weighted by Crippen LogP contribution is 2.17. The number of rotatable bonds is 5. The number of nitrogens with zero attached hydrogens (tertiary/aromatic N) is 2. The van der Waals surface area contributed by atoms with Gasteiger partial charge in [0.15, 0.2) is 5.96 Å². The summed E-state index contributed by atoms with van der Waals surface area (Å²) in [5.41, 5.74) is 1.07. The summed E-state index contributed by atoms with van der Waals surface area (Å²) in [6, 6.07) is 7.10. The van der Waals surface area contributed by atoms with Crippen LogP contribution in [0.15, 0.2) is 29.3 Å². The van der Waals surface area contributed by atoms with Crippen molar-refractivity contribution in [3.63, 3.8) is 0 Å². The molecule has 0 amide bonds. The summed E-state index contributed by atoms with van der Waals surface area (Å²) in [4.78, 5) is 6.28. The summed E-state index contributed by atoms with van der Waals surface area (Å²) < 4.78 is 13.0. The molecule has 0 bridgehead atoms. The Morgan fingerprint density at radius 2 is 1.85 bits per heavy atom. The predicted molar refractivity (Wildman–Crippen MR) is 82.5 cm³/mol. The van der Waals surface area contributed by atoms with Crippen molar-refractivity contribution in [3.8, 4) is 0 Å². The lowest BCUT2D eigenvalue weighted by Crippen LogP contribution is -2.44. The number of guanidine groups is 1. The predicted octanol–water partition coefficient (Wildman–Crippen LogP) is 2.00. The number of hydrogen-bond acceptors (Lipinski definition) is 2. The van der Waals surface area contributed by atoms with Crippen molar-refractivity contribution < 1.29 is 4.39 Å². The molecule has 1 rings (SSSR count). The van der Waals surface area contributed by atoms with Gasteiger partial charge in [-0.15, -0.1) is 0 Å². The molecule has 1 aromatic rings. The highest BCUT2D eigenvalue weighted by molar-refractivity contribution is 5.79. The van der Waals surface area contributed by atoms with Gasteiger partial charge in [-0.2, -0.15) is 0 Å². The van der Waals surface area contributed by atoms with Gasteiger partial charge in [0.05, 0.1) is 6.04 Å². The standard InChI is InChI=1S/C15H25FN4/c1-11(2)19-15(17-3)18-10-14(20(4)5)12-6-8-13(16)9-7-12/h6-9,11,14H,10H2,1-5H3,(H2,17,18,19). The van der Waals surface area contributed by atoms with Crippen LogP contribution in [0.1, 0.15) is 25.5 Å². The van der Waals surface area contributed by atoms with Gasteiger partial charge in [0.2, 0.25) is 0 Å². The van der Waals surface area contributed by atoms with Gasteiger partial charge in [0.1, 0.15) is 5.82 Å². The van der Waals surface area contributed by atoms with Gasteiger partial charge < -0.3 is 15.5 Å². The Labute approximate surface area is 121 Å². The molecular weight excluding hydrogens is 255 g/mol. The highest BCUT2D eigenvalue weighted by atomic mass is 19.1. The van der Waals surface area contributed by atoms with Crippen LogP contribution in [0.5, 0.6) is 0 Å². The molecule has 0 aliphatic carbocycles. The van der Waals surface area contributed by atoms with Crippen LogP contribution in [0, 0.1) is 5.82 Å². The second kappa shape index (κ2) is 7.85. The average molecular weight is 280 g/mol. The highest BCUT2D eigenvalue weighted by Gasteiger charge is 2.14. The molecule has 4 nitrogen and oxygen atoms in total. The summed E-state index contributed by atoms with van der Waals surface area (Å²) in [5.74, 6) is 0.561. The minimum atomic E-state index is -0.212. The Balaban J connectivity index is 2.71. The summed E-state index contributed by atoms with van der Waals surface area (Å²) in [6.45, 7) is 4.83. The molecule has 1 atom stereocenters. The van der Waals surface area contributed by atoms with E-state index in [0.717, 1.165) is 11.5 Å². The fourth-order valence-corrected chi connectivity index (χ4v) is 1.94. The first-order valence-corrected chi connectivity index (χ1v) is 6.83. The minimum absolute atomic E-state index is 0.154. The number of benzene rings is 1. The van der Waals surface area contributed by atoms with E-state index in [-0.39, 0.29) is 11.9 Å². The monoisotopic (exact) mass is 280 g/mol. The molecule has 112 valence electrons. The second-order valence-corrected chi connectivity index (χ2v) is 5.28. The second-order valence-electron chi connectivity index (χ2n) is 5.28. The van der Waals surface area contributed by atoms with E-state index in [1.807, 2.05) is 26.2 Å². The van der Waals surface area contributed by atoms with Crippen LogP contribution in [-0.2, 0) is 0 Å². The first-order chi connectivity index (χ1) is 9.43. The van der Waals surface area contributed by atoms with E-state index in [4.69, 9.17) is 0 Å². The van der Waals surface area contributed by atoms with Gasteiger partial charge >= 0.3 is 0 Å². The van der Waals surface area contributed by atoms with E-state index >= 15 is 0 Å². The van der Waals surface area contributed by atoms with E-state index in [9.17, 15) is 4.39 Å². The van der Waals surface area contributed by atoms with Crippen molar-refractivity contribution in [3.05, 3.63) is 35.6 Å². The Bertz CT molecular complexity index is 426. The maximum absolute atomic E-state index is 13.0. The normalized spacial score (nSPS) is 13.7. The van der Waals surface area contributed by atoms with Crippen molar-refractivity contribution in [2.45, 2.75) is 25.9 Å². The topological polar surface area (TPSA) is 39.7 Å². The summed E-state index contributed by atoms with van der Waals surface area (Å²) in [7, 11) is 5.77. The van der Waals surface area contributed by atoms with Gasteiger partial charge in [0.25, 0.3) is 0 Å². The fraction of sp³-hybridized carbons (Fsp3) is 0.533. The van der Waals surface area contributed by atoms with Gasteiger partial charge in [-0.05, 0) is 45.6 Å². The van der Waals surface area contributed by atoms with Crippen molar-refractivity contribution in [2.24, 2.45) is 4.99 Å². The number of nitrogens with one attached hydrogen (secondary N) is 2. The van der Waals surface area contributed by atoms with Crippen molar-refractivity contribution in [2.75, 3.05) is 27.7 Å².